The molecule has 3 N–H and O–H groups in total. The van der Waals surface area contributed by atoms with Crippen molar-refractivity contribution < 1.29 is 15.0 Å². The van der Waals surface area contributed by atoms with E-state index in [2.05, 4.69) is 26.1 Å². The molecule has 19 heavy (non-hydrogen) atoms. The maximum Gasteiger partial charge on any atom is 0.224 e. The zero-order chi connectivity index (χ0) is 14.5. The number of aromatic hydroxyl groups is 1. The summed E-state index contributed by atoms with van der Waals surface area (Å²) in [4.78, 5) is 11.9. The summed E-state index contributed by atoms with van der Waals surface area (Å²) in [5, 5.41) is 21.7. The minimum absolute atomic E-state index is 0.0373. The predicted octanol–water partition coefficient (Wildman–Crippen LogP) is 1.85. The van der Waals surface area contributed by atoms with E-state index in [9.17, 15) is 15.0 Å². The van der Waals surface area contributed by atoms with Crippen LogP contribution in [-0.4, -0.2) is 28.8 Å². The molecule has 0 aromatic heterocycles. The van der Waals surface area contributed by atoms with Gasteiger partial charge in [0.15, 0.2) is 0 Å². The average Bonchev–Trinajstić information content (AvgIpc) is 2.29. The SMILES string of the molecule is CC(C)(C)C[C@@H](CO)NC(=O)Cc1ccccc1O. The van der Waals surface area contributed by atoms with E-state index in [-0.39, 0.29) is 36.1 Å². The van der Waals surface area contributed by atoms with E-state index < -0.39 is 0 Å². The summed E-state index contributed by atoms with van der Waals surface area (Å²) in [6.07, 6.45) is 0.823. The highest BCUT2D eigenvalue weighted by molar-refractivity contribution is 5.79. The molecule has 0 saturated carbocycles. The molecule has 0 saturated heterocycles. The van der Waals surface area contributed by atoms with Crippen LogP contribution in [0, 0.1) is 5.41 Å². The van der Waals surface area contributed by atoms with Gasteiger partial charge in [-0.2, -0.15) is 0 Å². The van der Waals surface area contributed by atoms with Crippen LogP contribution in [0.1, 0.15) is 32.8 Å². The Hall–Kier alpha value is -1.55. The first-order valence-electron chi connectivity index (χ1n) is 6.49. The van der Waals surface area contributed by atoms with Crippen molar-refractivity contribution in [1.82, 2.24) is 5.32 Å². The lowest BCUT2D eigenvalue weighted by atomic mass is 9.88. The first kappa shape index (κ1) is 15.5. The Kier molecular flexibility index (Phi) is 5.36. The molecule has 1 aromatic rings. The minimum atomic E-state index is -0.252. The van der Waals surface area contributed by atoms with Crippen molar-refractivity contribution in [2.45, 2.75) is 39.7 Å². The van der Waals surface area contributed by atoms with Gasteiger partial charge in [-0.15, -0.1) is 0 Å². The Morgan fingerprint density at radius 1 is 1.32 bits per heavy atom. The smallest absolute Gasteiger partial charge is 0.224 e. The van der Waals surface area contributed by atoms with Gasteiger partial charge in [-0.25, -0.2) is 0 Å². The number of aliphatic hydroxyl groups excluding tert-OH is 1. The molecule has 0 fully saturated rings. The molecule has 4 heteroatoms. The second kappa shape index (κ2) is 6.57. The third-order valence-corrected chi connectivity index (χ3v) is 2.79. The molecule has 0 aliphatic carbocycles. The molecular weight excluding hydrogens is 242 g/mol. The van der Waals surface area contributed by atoms with E-state index in [0.29, 0.717) is 12.0 Å². The highest BCUT2D eigenvalue weighted by Crippen LogP contribution is 2.21. The Bertz CT molecular complexity index is 424. The monoisotopic (exact) mass is 265 g/mol. The fourth-order valence-electron chi connectivity index (χ4n) is 2.01. The summed E-state index contributed by atoms with van der Waals surface area (Å²) in [7, 11) is 0. The molecule has 0 aliphatic heterocycles. The van der Waals surface area contributed by atoms with Crippen LogP contribution in [0.25, 0.3) is 0 Å². The van der Waals surface area contributed by atoms with E-state index in [4.69, 9.17) is 0 Å². The molecule has 106 valence electrons. The van der Waals surface area contributed by atoms with Gasteiger partial charge in [-0.1, -0.05) is 39.0 Å². The van der Waals surface area contributed by atoms with Gasteiger partial charge in [-0.3, -0.25) is 4.79 Å². The number of para-hydroxylation sites is 1. The zero-order valence-electron chi connectivity index (χ0n) is 11.8. The number of amides is 1. The van der Waals surface area contributed by atoms with E-state index in [1.165, 1.54) is 0 Å². The lowest BCUT2D eigenvalue weighted by Crippen LogP contribution is -2.40. The first-order chi connectivity index (χ1) is 8.81. The molecule has 0 radical (unpaired) electrons. The van der Waals surface area contributed by atoms with Gasteiger partial charge in [0, 0.05) is 5.56 Å². The summed E-state index contributed by atoms with van der Waals surface area (Å²) >= 11 is 0. The van der Waals surface area contributed by atoms with Gasteiger partial charge in [0.1, 0.15) is 5.75 Å². The van der Waals surface area contributed by atoms with E-state index in [1.54, 1.807) is 24.3 Å². The first-order valence-corrected chi connectivity index (χ1v) is 6.49. The van der Waals surface area contributed by atoms with Crippen LogP contribution in [0.2, 0.25) is 0 Å². The van der Waals surface area contributed by atoms with Crippen LogP contribution < -0.4 is 5.32 Å². The summed E-state index contributed by atoms with van der Waals surface area (Å²) in [6.45, 7) is 6.10. The number of hydrogen-bond acceptors (Lipinski definition) is 3. The van der Waals surface area contributed by atoms with Gasteiger partial charge < -0.3 is 15.5 Å². The third-order valence-electron chi connectivity index (χ3n) is 2.79. The maximum atomic E-state index is 11.9. The molecule has 1 atom stereocenters. The maximum absolute atomic E-state index is 11.9. The molecule has 1 aromatic carbocycles. The van der Waals surface area contributed by atoms with Crippen LogP contribution in [0.5, 0.6) is 5.75 Å². The number of rotatable bonds is 5. The highest BCUT2D eigenvalue weighted by Gasteiger charge is 2.20. The lowest BCUT2D eigenvalue weighted by molar-refractivity contribution is -0.121. The standard InChI is InChI=1S/C15H23NO3/c1-15(2,3)9-12(10-17)16-14(19)8-11-6-4-5-7-13(11)18/h4-7,12,17-18H,8-10H2,1-3H3,(H,16,19)/t12-/m0/s1. The highest BCUT2D eigenvalue weighted by atomic mass is 16.3. The number of carbonyl (C=O) groups excluding carboxylic acids is 1. The van der Waals surface area contributed by atoms with E-state index in [0.717, 1.165) is 0 Å². The Balaban J connectivity index is 2.57. The Labute approximate surface area is 114 Å². The number of carbonyl (C=O) groups is 1. The number of hydrogen-bond donors (Lipinski definition) is 3. The lowest BCUT2D eigenvalue weighted by Gasteiger charge is -2.25. The number of aliphatic hydroxyl groups is 1. The van der Waals surface area contributed by atoms with E-state index >= 15 is 0 Å². The van der Waals surface area contributed by atoms with Gasteiger partial charge in [-0.05, 0) is 17.9 Å². The van der Waals surface area contributed by atoms with Crippen molar-refractivity contribution in [3.63, 3.8) is 0 Å². The normalized spacial score (nSPS) is 13.1. The molecule has 0 spiro atoms. The van der Waals surface area contributed by atoms with Crippen molar-refractivity contribution in [2.24, 2.45) is 5.41 Å². The van der Waals surface area contributed by atoms with Crippen LogP contribution in [0.15, 0.2) is 24.3 Å². The summed E-state index contributed by atoms with van der Waals surface area (Å²) < 4.78 is 0. The summed E-state index contributed by atoms with van der Waals surface area (Å²) in [6, 6.07) is 6.51. The minimum Gasteiger partial charge on any atom is -0.508 e. The largest absolute Gasteiger partial charge is 0.508 e. The molecule has 4 nitrogen and oxygen atoms in total. The fraction of sp³-hybridized carbons (Fsp3) is 0.533. The van der Waals surface area contributed by atoms with E-state index in [1.807, 2.05) is 0 Å². The van der Waals surface area contributed by atoms with Crippen molar-refractivity contribution in [2.75, 3.05) is 6.61 Å². The van der Waals surface area contributed by atoms with Crippen molar-refractivity contribution >= 4 is 5.91 Å². The number of nitrogens with one attached hydrogen (secondary N) is 1. The molecule has 1 amide bonds. The Morgan fingerprint density at radius 3 is 2.47 bits per heavy atom. The van der Waals surface area contributed by atoms with Crippen LogP contribution in [-0.2, 0) is 11.2 Å². The zero-order valence-corrected chi connectivity index (χ0v) is 11.8. The van der Waals surface area contributed by atoms with Gasteiger partial charge in [0.25, 0.3) is 0 Å². The molecule has 0 heterocycles. The van der Waals surface area contributed by atoms with Gasteiger partial charge >= 0.3 is 0 Å². The van der Waals surface area contributed by atoms with Gasteiger partial charge in [0.05, 0.1) is 19.1 Å². The molecule has 0 aliphatic rings. The van der Waals surface area contributed by atoms with Crippen molar-refractivity contribution in [3.05, 3.63) is 29.8 Å². The molecule has 1 rings (SSSR count). The van der Waals surface area contributed by atoms with Crippen LogP contribution >= 0.6 is 0 Å². The number of phenolic OH excluding ortho intramolecular Hbond substituents is 1. The predicted molar refractivity (Wildman–Crippen MR) is 74.9 cm³/mol. The quantitative estimate of drug-likeness (QED) is 0.761. The number of phenols is 1. The average molecular weight is 265 g/mol. The summed E-state index contributed by atoms with van der Waals surface area (Å²) in [5.41, 5.74) is 0.627. The van der Waals surface area contributed by atoms with Crippen LogP contribution in [0.4, 0.5) is 0 Å². The Morgan fingerprint density at radius 2 is 1.95 bits per heavy atom. The fourth-order valence-corrected chi connectivity index (χ4v) is 2.01. The van der Waals surface area contributed by atoms with Crippen molar-refractivity contribution in [3.8, 4) is 5.75 Å². The second-order valence-electron chi connectivity index (χ2n) is 6.02. The third kappa shape index (κ3) is 5.75. The topological polar surface area (TPSA) is 69.6 Å². The molecule has 0 bridgehead atoms. The summed E-state index contributed by atoms with van der Waals surface area (Å²) in [5.74, 6) is -0.0705. The van der Waals surface area contributed by atoms with Crippen LogP contribution in [0.3, 0.4) is 0 Å². The van der Waals surface area contributed by atoms with Gasteiger partial charge in [0.2, 0.25) is 5.91 Å². The number of benzene rings is 1. The molecular formula is C15H23NO3. The van der Waals surface area contributed by atoms with Crippen molar-refractivity contribution in [1.29, 1.82) is 0 Å². The molecule has 0 unspecified atom stereocenters. The second-order valence-corrected chi connectivity index (χ2v) is 6.02.